The molecule has 0 saturated carbocycles. The van der Waals surface area contributed by atoms with Gasteiger partial charge in [-0.25, -0.2) is 13.1 Å². The Morgan fingerprint density at radius 3 is 2.70 bits per heavy atom. The van der Waals surface area contributed by atoms with Crippen LogP contribution in [0.1, 0.15) is 42.1 Å². The van der Waals surface area contributed by atoms with Crippen molar-refractivity contribution in [1.82, 2.24) is 14.9 Å². The third-order valence-electron chi connectivity index (χ3n) is 3.09. The number of aromatic nitrogens is 2. The van der Waals surface area contributed by atoms with Crippen molar-refractivity contribution in [2.45, 2.75) is 44.6 Å². The first-order valence-corrected chi connectivity index (χ1v) is 8.89. The summed E-state index contributed by atoms with van der Waals surface area (Å²) >= 11 is 1.57. The van der Waals surface area contributed by atoms with Crippen LogP contribution >= 0.6 is 11.3 Å². The van der Waals surface area contributed by atoms with Crippen molar-refractivity contribution in [3.8, 4) is 0 Å². The Balaban J connectivity index is 2.31. The van der Waals surface area contributed by atoms with Crippen LogP contribution < -0.4 is 4.72 Å². The van der Waals surface area contributed by atoms with Gasteiger partial charge in [0.25, 0.3) is 0 Å². The van der Waals surface area contributed by atoms with Gasteiger partial charge < -0.3 is 0 Å². The topological polar surface area (TPSA) is 74.8 Å². The smallest absolute Gasteiger partial charge is 0.244 e. The molecule has 0 bridgehead atoms. The van der Waals surface area contributed by atoms with Crippen molar-refractivity contribution in [2.24, 2.45) is 0 Å². The molecule has 0 spiro atoms. The summed E-state index contributed by atoms with van der Waals surface area (Å²) in [6.07, 6.45) is 1.68. The number of H-pyrrole nitrogens is 1. The van der Waals surface area contributed by atoms with Crippen LogP contribution in [0.4, 0.5) is 0 Å². The van der Waals surface area contributed by atoms with Gasteiger partial charge in [-0.2, -0.15) is 5.10 Å². The average molecular weight is 313 g/mol. The van der Waals surface area contributed by atoms with Gasteiger partial charge in [0.1, 0.15) is 4.90 Å². The highest BCUT2D eigenvalue weighted by molar-refractivity contribution is 7.89. The van der Waals surface area contributed by atoms with Crippen LogP contribution in [0, 0.1) is 13.8 Å². The molecule has 0 saturated heterocycles. The second-order valence-electron chi connectivity index (χ2n) is 4.74. The van der Waals surface area contributed by atoms with Crippen LogP contribution in [0.25, 0.3) is 0 Å². The summed E-state index contributed by atoms with van der Waals surface area (Å²) in [6, 6.07) is 3.71. The fourth-order valence-corrected chi connectivity index (χ4v) is 4.73. The van der Waals surface area contributed by atoms with Crippen molar-refractivity contribution in [2.75, 3.05) is 0 Å². The number of hydrogen-bond acceptors (Lipinski definition) is 4. The quantitative estimate of drug-likeness (QED) is 0.861. The molecule has 110 valence electrons. The maximum absolute atomic E-state index is 12.5. The first-order chi connectivity index (χ1) is 9.45. The van der Waals surface area contributed by atoms with E-state index in [-0.39, 0.29) is 10.9 Å². The van der Waals surface area contributed by atoms with Crippen LogP contribution in [-0.4, -0.2) is 18.6 Å². The van der Waals surface area contributed by atoms with Gasteiger partial charge in [-0.15, -0.1) is 11.3 Å². The van der Waals surface area contributed by atoms with E-state index in [0.717, 1.165) is 17.7 Å². The van der Waals surface area contributed by atoms with Gasteiger partial charge in [-0.3, -0.25) is 5.10 Å². The molecule has 0 aromatic carbocycles. The monoisotopic (exact) mass is 313 g/mol. The lowest BCUT2D eigenvalue weighted by Crippen LogP contribution is -2.29. The normalized spacial score (nSPS) is 13.6. The minimum atomic E-state index is -3.56. The van der Waals surface area contributed by atoms with Crippen molar-refractivity contribution in [3.63, 3.8) is 0 Å². The second-order valence-corrected chi connectivity index (χ2v) is 7.37. The minimum Gasteiger partial charge on any atom is -0.281 e. The molecule has 0 aliphatic rings. The SMILES string of the molecule is CCCC(NS(=O)(=O)c1c(C)n[nH]c1C)c1cccs1. The van der Waals surface area contributed by atoms with E-state index >= 15 is 0 Å². The minimum absolute atomic E-state index is 0.182. The molecule has 0 amide bonds. The molecule has 2 N–H and O–H groups in total. The standard InChI is InChI=1S/C13H19N3O2S2/c1-4-6-11(12-7-5-8-19-12)16-20(17,18)13-9(2)14-15-10(13)3/h5,7-8,11,16H,4,6H2,1-3H3,(H,14,15). The zero-order chi connectivity index (χ0) is 14.8. The van der Waals surface area contributed by atoms with Gasteiger partial charge in [-0.1, -0.05) is 19.4 Å². The van der Waals surface area contributed by atoms with Gasteiger partial charge in [0.05, 0.1) is 17.4 Å². The van der Waals surface area contributed by atoms with E-state index in [4.69, 9.17) is 0 Å². The van der Waals surface area contributed by atoms with Crippen LogP contribution in [-0.2, 0) is 10.0 Å². The Morgan fingerprint density at radius 2 is 2.20 bits per heavy atom. The van der Waals surface area contributed by atoms with Gasteiger partial charge in [0.15, 0.2) is 0 Å². The molecule has 2 heterocycles. The first kappa shape index (κ1) is 15.2. The maximum Gasteiger partial charge on any atom is 0.244 e. The van der Waals surface area contributed by atoms with Crippen LogP contribution in [0.2, 0.25) is 0 Å². The summed E-state index contributed by atoms with van der Waals surface area (Å²) in [6.45, 7) is 5.45. The molecule has 0 aliphatic carbocycles. The molecule has 1 unspecified atom stereocenters. The Hall–Kier alpha value is -1.18. The van der Waals surface area contributed by atoms with E-state index < -0.39 is 10.0 Å². The van der Waals surface area contributed by atoms with Crippen molar-refractivity contribution < 1.29 is 8.42 Å². The third-order valence-corrected chi connectivity index (χ3v) is 5.81. The van der Waals surface area contributed by atoms with E-state index in [1.54, 1.807) is 25.2 Å². The van der Waals surface area contributed by atoms with Crippen molar-refractivity contribution in [1.29, 1.82) is 0 Å². The molecule has 0 fully saturated rings. The van der Waals surface area contributed by atoms with Gasteiger partial charge >= 0.3 is 0 Å². The van der Waals surface area contributed by atoms with Crippen molar-refractivity contribution in [3.05, 3.63) is 33.8 Å². The molecule has 7 heteroatoms. The molecule has 2 aromatic rings. The molecule has 2 rings (SSSR count). The first-order valence-electron chi connectivity index (χ1n) is 6.53. The fourth-order valence-electron chi connectivity index (χ4n) is 2.22. The molecular weight excluding hydrogens is 294 g/mol. The van der Waals surface area contributed by atoms with Crippen LogP contribution in [0.15, 0.2) is 22.4 Å². The Bertz CT molecular complexity index is 640. The zero-order valence-electron chi connectivity index (χ0n) is 11.8. The molecular formula is C13H19N3O2S2. The largest absolute Gasteiger partial charge is 0.281 e. The fraction of sp³-hybridized carbons (Fsp3) is 0.462. The highest BCUT2D eigenvalue weighted by atomic mass is 32.2. The number of hydrogen-bond donors (Lipinski definition) is 2. The number of nitrogens with zero attached hydrogens (tertiary/aromatic N) is 1. The zero-order valence-corrected chi connectivity index (χ0v) is 13.4. The van der Waals surface area contributed by atoms with Crippen LogP contribution in [0.3, 0.4) is 0 Å². The van der Waals surface area contributed by atoms with Crippen molar-refractivity contribution >= 4 is 21.4 Å². The Morgan fingerprint density at radius 1 is 1.45 bits per heavy atom. The van der Waals surface area contributed by atoms with Crippen LogP contribution in [0.5, 0.6) is 0 Å². The summed E-state index contributed by atoms with van der Waals surface area (Å²) in [4.78, 5) is 1.30. The summed E-state index contributed by atoms with van der Waals surface area (Å²) < 4.78 is 27.9. The number of thiophene rings is 1. The molecule has 5 nitrogen and oxygen atoms in total. The predicted molar refractivity (Wildman–Crippen MR) is 80.4 cm³/mol. The summed E-state index contributed by atoms with van der Waals surface area (Å²) in [5.74, 6) is 0. The molecule has 0 radical (unpaired) electrons. The van der Waals surface area contributed by atoms with Gasteiger partial charge in [0.2, 0.25) is 10.0 Å². The van der Waals surface area contributed by atoms with E-state index in [1.807, 2.05) is 24.4 Å². The van der Waals surface area contributed by atoms with E-state index in [0.29, 0.717) is 11.4 Å². The molecule has 1 atom stereocenters. The van der Waals surface area contributed by atoms with Gasteiger partial charge in [0, 0.05) is 4.88 Å². The number of sulfonamides is 1. The Kier molecular flexibility index (Phi) is 4.62. The lowest BCUT2D eigenvalue weighted by molar-refractivity contribution is 0.539. The number of aromatic amines is 1. The number of aryl methyl sites for hydroxylation is 2. The molecule has 2 aromatic heterocycles. The number of nitrogens with one attached hydrogen (secondary N) is 2. The average Bonchev–Trinajstić information content (AvgIpc) is 2.98. The summed E-state index contributed by atoms with van der Waals surface area (Å²) in [5, 5.41) is 8.63. The maximum atomic E-state index is 12.5. The highest BCUT2D eigenvalue weighted by Crippen LogP contribution is 2.26. The number of rotatable bonds is 6. The predicted octanol–water partition coefficient (Wildman–Crippen LogP) is 2.91. The summed E-state index contributed by atoms with van der Waals surface area (Å²) in [7, 11) is -3.56. The molecule has 20 heavy (non-hydrogen) atoms. The third kappa shape index (κ3) is 3.11. The lowest BCUT2D eigenvalue weighted by Gasteiger charge is -2.17. The lowest BCUT2D eigenvalue weighted by atomic mass is 10.1. The Labute approximate surface area is 123 Å². The molecule has 0 aliphatic heterocycles. The van der Waals surface area contributed by atoms with Gasteiger partial charge in [-0.05, 0) is 31.7 Å². The van der Waals surface area contributed by atoms with E-state index in [9.17, 15) is 8.42 Å². The summed E-state index contributed by atoms with van der Waals surface area (Å²) in [5.41, 5.74) is 1.06. The van der Waals surface area contributed by atoms with E-state index in [1.165, 1.54) is 0 Å². The highest BCUT2D eigenvalue weighted by Gasteiger charge is 2.26. The van der Waals surface area contributed by atoms with E-state index in [2.05, 4.69) is 14.9 Å². The second kappa shape index (κ2) is 6.07.